The van der Waals surface area contributed by atoms with Crippen LogP contribution in [0, 0.1) is 0 Å². The van der Waals surface area contributed by atoms with Crippen molar-refractivity contribution in [1.82, 2.24) is 4.57 Å². The van der Waals surface area contributed by atoms with E-state index in [1.54, 1.807) is 0 Å². The van der Waals surface area contributed by atoms with Crippen LogP contribution in [0.25, 0.3) is 0 Å². The number of esters is 6. The van der Waals surface area contributed by atoms with Gasteiger partial charge in [-0.15, -0.1) is 0 Å². The number of ether oxygens (including phenoxy) is 10. The molecule has 0 saturated carbocycles. The van der Waals surface area contributed by atoms with Crippen LogP contribution in [0.3, 0.4) is 0 Å². The zero-order valence-corrected chi connectivity index (χ0v) is 40.2. The summed E-state index contributed by atoms with van der Waals surface area (Å²) >= 11 is 0. The zero-order valence-electron chi connectivity index (χ0n) is 39.2. The Hall–Kier alpha value is -4.17. The summed E-state index contributed by atoms with van der Waals surface area (Å²) in [4.78, 5) is 75.2. The summed E-state index contributed by atoms with van der Waals surface area (Å²) in [5.74, 6) is -4.73. The summed E-state index contributed by atoms with van der Waals surface area (Å²) in [5.41, 5.74) is 0.538. The number of nitrogens with zero attached hydrogens (tertiary/aromatic N) is 2. The minimum absolute atomic E-state index is 0.0675. The van der Waals surface area contributed by atoms with Crippen LogP contribution in [0.2, 0.25) is 16.6 Å². The molecule has 0 amide bonds. The summed E-state index contributed by atoms with van der Waals surface area (Å²) in [6.07, 6.45) is -8.30. The van der Waals surface area contributed by atoms with Crippen molar-refractivity contribution in [1.29, 1.82) is 0 Å². The molecule has 1 aromatic rings. The molecule has 1 aromatic heterocycles. The third kappa shape index (κ3) is 18.2. The number of aromatic nitrogens is 2. The largest absolute Gasteiger partial charge is 0.673 e. The second-order valence-electron chi connectivity index (χ2n) is 16.5. The average Bonchev–Trinajstić information content (AvgIpc) is 3.56. The molecule has 3 heterocycles. The molecule has 2 fully saturated rings. The maximum absolute atomic E-state index is 12.9. The maximum atomic E-state index is 12.9. The van der Waals surface area contributed by atoms with E-state index in [-0.39, 0.29) is 29.8 Å². The van der Waals surface area contributed by atoms with Crippen LogP contribution in [0.1, 0.15) is 89.5 Å². The average molecular weight is 961 g/mol. The van der Waals surface area contributed by atoms with Gasteiger partial charge in [-0.05, 0) is 16.6 Å². The highest BCUT2D eigenvalue weighted by atomic mass is 28.4. The molecule has 65 heavy (non-hydrogen) atoms. The summed E-state index contributed by atoms with van der Waals surface area (Å²) < 4.78 is 109. The van der Waals surface area contributed by atoms with Gasteiger partial charge in [0.25, 0.3) is 0 Å². The van der Waals surface area contributed by atoms with E-state index in [1.165, 1.54) is 13.8 Å². The Morgan fingerprint density at radius 2 is 1.05 bits per heavy atom. The van der Waals surface area contributed by atoms with Gasteiger partial charge in [-0.3, -0.25) is 28.8 Å². The molecular formula is C40H65BF4N2O17Si. The van der Waals surface area contributed by atoms with Crippen LogP contribution in [-0.4, -0.2) is 137 Å². The van der Waals surface area contributed by atoms with Gasteiger partial charge in [0.05, 0.1) is 26.8 Å². The van der Waals surface area contributed by atoms with Gasteiger partial charge in [0, 0.05) is 48.0 Å². The Morgan fingerprint density at radius 3 is 1.46 bits per heavy atom. The van der Waals surface area contributed by atoms with Crippen LogP contribution in [0.15, 0.2) is 18.7 Å². The summed E-state index contributed by atoms with van der Waals surface area (Å²) in [5, 5.41) is 0. The molecule has 372 valence electrons. The van der Waals surface area contributed by atoms with E-state index in [4.69, 9.17) is 51.8 Å². The van der Waals surface area contributed by atoms with Gasteiger partial charge in [0.2, 0.25) is 6.33 Å². The molecule has 0 N–H and O–H groups in total. The van der Waals surface area contributed by atoms with Gasteiger partial charge in [-0.25, -0.2) is 9.13 Å². The molecule has 2 saturated heterocycles. The highest BCUT2D eigenvalue weighted by Crippen LogP contribution is 2.43. The summed E-state index contributed by atoms with van der Waals surface area (Å²) in [7, 11) is -6.66. The van der Waals surface area contributed by atoms with Gasteiger partial charge in [0.1, 0.15) is 31.2 Å². The van der Waals surface area contributed by atoms with Crippen LogP contribution in [-0.2, 0) is 94.2 Å². The lowest BCUT2D eigenvalue weighted by Gasteiger charge is -2.49. The molecule has 2 aliphatic heterocycles. The highest BCUT2D eigenvalue weighted by Gasteiger charge is 2.58. The SMILES string of the molecule is CC(=O)OC[C@H]1O[C@@H](O[C@H]2[C@H](OCCCn3cc[n+](C)c3)O[C@H](CO[Si](C(C)C)(C(C)C)C(C)C)[C@H](OC(C)=O)[C@@H]2OC(C)=O)[C@H](OC(C)=O)[C@@H](OC(C)=O)[C@H]1OC(C)=O.F[B-](F)(F)F. The number of halogens is 4. The van der Waals surface area contributed by atoms with E-state index < -0.39 is 119 Å². The van der Waals surface area contributed by atoms with Crippen LogP contribution in [0.4, 0.5) is 17.3 Å². The van der Waals surface area contributed by atoms with Crippen molar-refractivity contribution in [2.45, 2.75) is 174 Å². The predicted molar refractivity (Wildman–Crippen MR) is 220 cm³/mol. The van der Waals surface area contributed by atoms with Crippen molar-refractivity contribution in [3.63, 3.8) is 0 Å². The molecule has 10 atom stereocenters. The minimum Gasteiger partial charge on any atom is -0.463 e. The van der Waals surface area contributed by atoms with Gasteiger partial charge >= 0.3 is 43.1 Å². The topological polar surface area (TPSA) is 213 Å². The predicted octanol–water partition coefficient (Wildman–Crippen LogP) is 4.27. The molecule has 0 radical (unpaired) electrons. The molecular weight excluding hydrogens is 895 g/mol. The molecule has 0 bridgehead atoms. The molecule has 19 nitrogen and oxygen atoms in total. The molecule has 3 rings (SSSR count). The van der Waals surface area contributed by atoms with E-state index in [0.717, 1.165) is 27.7 Å². The van der Waals surface area contributed by atoms with Crippen LogP contribution in [0.5, 0.6) is 0 Å². The zero-order chi connectivity index (χ0) is 49.6. The highest BCUT2D eigenvalue weighted by molar-refractivity contribution is 6.77. The molecule has 25 heteroatoms. The molecule has 0 aliphatic carbocycles. The maximum Gasteiger partial charge on any atom is 0.673 e. The van der Waals surface area contributed by atoms with Crippen molar-refractivity contribution < 1.29 is 102 Å². The van der Waals surface area contributed by atoms with E-state index in [0.29, 0.717) is 13.0 Å². The monoisotopic (exact) mass is 960 g/mol. The Bertz CT molecular complexity index is 1710. The lowest BCUT2D eigenvalue weighted by Crippen LogP contribution is -2.67. The number of carbonyl (C=O) groups excluding carboxylic acids is 6. The smallest absolute Gasteiger partial charge is 0.463 e. The first-order chi connectivity index (χ1) is 30.1. The standard InChI is InChI=1S/C40H65N2O17Si.BF4/c1-22(2)60(23(3)4,24(5)6)51-20-32-34(53-27(9)45)35(54-28(10)46)37(39(57-32)49-18-14-15-42-17-16-41(13)21-42)59-40-38(56-30(12)48)36(55-29(11)47)33(52-26(8)44)31(58-40)19-50-25(7)43;2-1(3,4)5/h16-17,21-24,31-40H,14-15,18-20H2,1-13H3;/q+1;-1/t31-,32-,33+,34+,35+,36+,37-,38-,39-,40+;/m1./s1. The Balaban J connectivity index is 0.00000274. The fraction of sp³-hybridized carbons (Fsp3) is 0.775. The summed E-state index contributed by atoms with van der Waals surface area (Å²) in [6.45, 7) is 19.6. The first-order valence-corrected chi connectivity index (χ1v) is 23.3. The number of aryl methyl sites for hydroxylation is 2. The van der Waals surface area contributed by atoms with Gasteiger partial charge in [-0.2, -0.15) is 0 Å². The van der Waals surface area contributed by atoms with E-state index in [2.05, 4.69) is 41.5 Å². The van der Waals surface area contributed by atoms with Crippen molar-refractivity contribution in [3.05, 3.63) is 18.7 Å². The molecule has 0 unspecified atom stereocenters. The third-order valence-electron chi connectivity index (χ3n) is 10.3. The lowest BCUT2D eigenvalue weighted by molar-refractivity contribution is -0.671. The minimum atomic E-state index is -6.00. The number of hydrogen-bond acceptors (Lipinski definition) is 17. The normalized spacial score (nSPS) is 25.8. The first-order valence-electron chi connectivity index (χ1n) is 21.2. The molecule has 0 spiro atoms. The Morgan fingerprint density at radius 1 is 0.631 bits per heavy atom. The van der Waals surface area contributed by atoms with Crippen molar-refractivity contribution in [2.75, 3.05) is 19.8 Å². The number of rotatable bonds is 20. The fourth-order valence-electron chi connectivity index (χ4n) is 8.21. The Kier molecular flexibility index (Phi) is 22.5. The quantitative estimate of drug-likeness (QED) is 0.0446. The molecule has 2 aliphatic rings. The third-order valence-corrected chi connectivity index (χ3v) is 16.4. The van der Waals surface area contributed by atoms with E-state index in [1.807, 2.05) is 34.9 Å². The fourth-order valence-corrected chi connectivity index (χ4v) is 13.7. The van der Waals surface area contributed by atoms with Crippen LogP contribution < -0.4 is 4.57 Å². The second kappa shape index (κ2) is 25.7. The lowest BCUT2D eigenvalue weighted by atomic mass is 9.96. The van der Waals surface area contributed by atoms with Gasteiger partial charge in [-0.1, -0.05) is 41.5 Å². The van der Waals surface area contributed by atoms with E-state index >= 15 is 0 Å². The number of hydrogen-bond donors (Lipinski definition) is 0. The van der Waals surface area contributed by atoms with Crippen molar-refractivity contribution >= 4 is 51.4 Å². The first kappa shape index (κ1) is 57.0. The van der Waals surface area contributed by atoms with Crippen LogP contribution >= 0.6 is 0 Å². The Labute approximate surface area is 377 Å². The van der Waals surface area contributed by atoms with Gasteiger partial charge in [0.15, 0.2) is 57.5 Å². The second-order valence-corrected chi connectivity index (χ2v) is 22.0. The van der Waals surface area contributed by atoms with Crippen molar-refractivity contribution in [3.8, 4) is 0 Å². The van der Waals surface area contributed by atoms with Crippen molar-refractivity contribution in [2.24, 2.45) is 7.05 Å². The van der Waals surface area contributed by atoms with E-state index in [9.17, 15) is 46.0 Å². The molecule has 0 aromatic carbocycles. The number of carbonyl (C=O) groups is 6. The number of imidazole rings is 1. The van der Waals surface area contributed by atoms with Gasteiger partial charge < -0.3 is 69.1 Å². The summed E-state index contributed by atoms with van der Waals surface area (Å²) in [6, 6.07) is 0.